The van der Waals surface area contributed by atoms with Crippen molar-refractivity contribution in [2.75, 3.05) is 6.61 Å². The quantitative estimate of drug-likeness (QED) is 0.795. The third kappa shape index (κ3) is 3.72. The van der Waals surface area contributed by atoms with E-state index in [0.717, 1.165) is 5.92 Å². The van der Waals surface area contributed by atoms with Gasteiger partial charge in [0.25, 0.3) is 0 Å². The van der Waals surface area contributed by atoms with Crippen LogP contribution in [0.3, 0.4) is 0 Å². The van der Waals surface area contributed by atoms with Crippen LogP contribution in [-0.2, 0) is 0 Å². The van der Waals surface area contributed by atoms with E-state index in [1.54, 1.807) is 0 Å². The Morgan fingerprint density at radius 3 is 2.32 bits per heavy atom. The second kappa shape index (κ2) is 6.58. The molecule has 0 aromatic heterocycles. The largest absolute Gasteiger partial charge is 0.396 e. The zero-order valence-electron chi connectivity index (χ0n) is 13.1. The van der Waals surface area contributed by atoms with Crippen LogP contribution in [0.25, 0.3) is 0 Å². The predicted molar refractivity (Wildman–Crippen MR) is 81.2 cm³/mol. The van der Waals surface area contributed by atoms with Crippen molar-refractivity contribution in [2.24, 2.45) is 17.3 Å². The summed E-state index contributed by atoms with van der Waals surface area (Å²) < 4.78 is 0. The van der Waals surface area contributed by atoms with Crippen LogP contribution < -0.4 is 5.32 Å². The van der Waals surface area contributed by atoms with Crippen LogP contribution in [0.1, 0.15) is 72.1 Å². The fraction of sp³-hybridized carbons (Fsp3) is 1.00. The molecule has 0 aromatic carbocycles. The van der Waals surface area contributed by atoms with Crippen LogP contribution in [0.2, 0.25) is 0 Å². The standard InChI is InChI=1S/C17H33NO/c1-4-17(2,3)14-8-10-15(11-9-14)18-16-7-5-6-13(16)12-19/h13-16,18-19H,4-12H2,1-3H3. The van der Waals surface area contributed by atoms with Gasteiger partial charge in [0.2, 0.25) is 0 Å². The Hall–Kier alpha value is -0.0800. The number of hydrogen-bond acceptors (Lipinski definition) is 2. The Kier molecular flexibility index (Phi) is 5.30. The first-order chi connectivity index (χ1) is 9.06. The summed E-state index contributed by atoms with van der Waals surface area (Å²) in [5, 5.41) is 13.3. The minimum Gasteiger partial charge on any atom is -0.396 e. The first kappa shape index (κ1) is 15.3. The highest BCUT2D eigenvalue weighted by Crippen LogP contribution is 2.40. The van der Waals surface area contributed by atoms with Crippen LogP contribution in [-0.4, -0.2) is 23.8 Å². The van der Waals surface area contributed by atoms with Gasteiger partial charge < -0.3 is 10.4 Å². The van der Waals surface area contributed by atoms with Crippen molar-refractivity contribution in [3.05, 3.63) is 0 Å². The second-order valence-electron chi connectivity index (χ2n) is 7.54. The molecular weight excluding hydrogens is 234 g/mol. The SMILES string of the molecule is CCC(C)(C)C1CCC(NC2CCCC2CO)CC1. The number of hydrogen-bond donors (Lipinski definition) is 2. The van der Waals surface area contributed by atoms with Crippen molar-refractivity contribution < 1.29 is 5.11 Å². The van der Waals surface area contributed by atoms with E-state index in [-0.39, 0.29) is 0 Å². The van der Waals surface area contributed by atoms with E-state index in [9.17, 15) is 5.11 Å². The molecule has 2 unspecified atom stereocenters. The summed E-state index contributed by atoms with van der Waals surface area (Å²) >= 11 is 0. The van der Waals surface area contributed by atoms with Crippen LogP contribution >= 0.6 is 0 Å². The maximum Gasteiger partial charge on any atom is 0.0474 e. The highest BCUT2D eigenvalue weighted by Gasteiger charge is 2.34. The lowest BCUT2D eigenvalue weighted by atomic mass is 9.69. The topological polar surface area (TPSA) is 32.3 Å². The van der Waals surface area contributed by atoms with E-state index in [4.69, 9.17) is 0 Å². The van der Waals surface area contributed by atoms with E-state index >= 15 is 0 Å². The van der Waals surface area contributed by atoms with Crippen LogP contribution in [0.15, 0.2) is 0 Å². The molecule has 19 heavy (non-hydrogen) atoms. The molecule has 0 bridgehead atoms. The minimum absolute atomic E-state index is 0.371. The Morgan fingerprint density at radius 2 is 1.74 bits per heavy atom. The first-order valence-electron chi connectivity index (χ1n) is 8.43. The average Bonchev–Trinajstić information content (AvgIpc) is 2.86. The fourth-order valence-electron chi connectivity index (χ4n) is 4.11. The highest BCUT2D eigenvalue weighted by molar-refractivity contribution is 4.89. The zero-order chi connectivity index (χ0) is 13.9. The maximum atomic E-state index is 9.41. The molecule has 2 aliphatic carbocycles. The Bertz CT molecular complexity index is 268. The van der Waals surface area contributed by atoms with Crippen molar-refractivity contribution in [3.63, 3.8) is 0 Å². The molecule has 2 fully saturated rings. The summed E-state index contributed by atoms with van der Waals surface area (Å²) in [6.45, 7) is 7.57. The Morgan fingerprint density at radius 1 is 1.05 bits per heavy atom. The first-order valence-corrected chi connectivity index (χ1v) is 8.43. The van der Waals surface area contributed by atoms with Crippen molar-refractivity contribution in [3.8, 4) is 0 Å². The molecule has 0 heterocycles. The van der Waals surface area contributed by atoms with Gasteiger partial charge in [-0.2, -0.15) is 0 Å². The van der Waals surface area contributed by atoms with E-state index in [2.05, 4.69) is 26.1 Å². The molecule has 0 aromatic rings. The van der Waals surface area contributed by atoms with Gasteiger partial charge in [-0.25, -0.2) is 0 Å². The zero-order valence-corrected chi connectivity index (χ0v) is 13.1. The third-order valence-electron chi connectivity index (χ3n) is 6.09. The van der Waals surface area contributed by atoms with Crippen LogP contribution in [0.4, 0.5) is 0 Å². The molecule has 112 valence electrons. The molecule has 2 N–H and O–H groups in total. The lowest BCUT2D eigenvalue weighted by Gasteiger charge is -2.40. The molecule has 0 aliphatic heterocycles. The van der Waals surface area contributed by atoms with Gasteiger partial charge in [-0.05, 0) is 55.8 Å². The lowest BCUT2D eigenvalue weighted by molar-refractivity contribution is 0.127. The predicted octanol–water partition coefficient (Wildman–Crippen LogP) is 3.73. The van der Waals surface area contributed by atoms with Crippen molar-refractivity contribution in [1.29, 1.82) is 0 Å². The van der Waals surface area contributed by atoms with Gasteiger partial charge in [0.15, 0.2) is 0 Å². The Balaban J connectivity index is 1.77. The number of nitrogens with one attached hydrogen (secondary N) is 1. The summed E-state index contributed by atoms with van der Waals surface area (Å²) in [5.74, 6) is 1.43. The van der Waals surface area contributed by atoms with Crippen LogP contribution in [0, 0.1) is 17.3 Å². The molecule has 2 rings (SSSR count). The molecule has 0 saturated heterocycles. The average molecular weight is 267 g/mol. The van der Waals surface area contributed by atoms with Gasteiger partial charge in [-0.15, -0.1) is 0 Å². The van der Waals surface area contributed by atoms with Gasteiger partial charge in [0, 0.05) is 18.7 Å². The van der Waals surface area contributed by atoms with Gasteiger partial charge >= 0.3 is 0 Å². The lowest BCUT2D eigenvalue weighted by Crippen LogP contribution is -2.44. The van der Waals surface area contributed by atoms with Crippen LogP contribution in [0.5, 0.6) is 0 Å². The summed E-state index contributed by atoms with van der Waals surface area (Å²) in [7, 11) is 0. The minimum atomic E-state index is 0.371. The smallest absolute Gasteiger partial charge is 0.0474 e. The molecule has 2 saturated carbocycles. The third-order valence-corrected chi connectivity index (χ3v) is 6.09. The van der Waals surface area contributed by atoms with E-state index in [0.29, 0.717) is 30.0 Å². The van der Waals surface area contributed by atoms with Gasteiger partial charge in [-0.3, -0.25) is 0 Å². The molecule has 2 atom stereocenters. The molecular formula is C17H33NO. The van der Waals surface area contributed by atoms with Gasteiger partial charge in [-0.1, -0.05) is 33.6 Å². The summed E-state index contributed by atoms with van der Waals surface area (Å²) in [5.41, 5.74) is 0.520. The molecule has 2 aliphatic rings. The monoisotopic (exact) mass is 267 g/mol. The van der Waals surface area contributed by atoms with Crippen molar-refractivity contribution in [2.45, 2.75) is 84.2 Å². The maximum absolute atomic E-state index is 9.41. The Labute approximate surface area is 119 Å². The fourth-order valence-corrected chi connectivity index (χ4v) is 4.11. The van der Waals surface area contributed by atoms with Crippen molar-refractivity contribution in [1.82, 2.24) is 5.32 Å². The highest BCUT2D eigenvalue weighted by atomic mass is 16.3. The van der Waals surface area contributed by atoms with E-state index in [1.165, 1.54) is 51.4 Å². The molecule has 0 spiro atoms. The molecule has 0 amide bonds. The summed E-state index contributed by atoms with van der Waals surface area (Å²) in [6, 6.07) is 1.30. The van der Waals surface area contributed by atoms with Gasteiger partial charge in [0.1, 0.15) is 0 Å². The summed E-state index contributed by atoms with van der Waals surface area (Å²) in [4.78, 5) is 0. The number of aliphatic hydroxyl groups excluding tert-OH is 1. The van der Waals surface area contributed by atoms with E-state index in [1.807, 2.05) is 0 Å². The number of aliphatic hydroxyl groups is 1. The van der Waals surface area contributed by atoms with Crippen molar-refractivity contribution >= 4 is 0 Å². The van der Waals surface area contributed by atoms with Gasteiger partial charge in [0.05, 0.1) is 0 Å². The second-order valence-corrected chi connectivity index (χ2v) is 7.54. The summed E-state index contributed by atoms with van der Waals surface area (Å²) in [6.07, 6.45) is 10.5. The molecule has 2 heteroatoms. The molecule has 2 nitrogen and oxygen atoms in total. The normalized spacial score (nSPS) is 36.6. The van der Waals surface area contributed by atoms with E-state index < -0.39 is 0 Å². The molecule has 0 radical (unpaired) electrons. The number of rotatable bonds is 5.